The fourth-order valence-electron chi connectivity index (χ4n) is 2.36. The molecular formula is C15H19NO5. The summed E-state index contributed by atoms with van der Waals surface area (Å²) in [5.41, 5.74) is 0.890. The van der Waals surface area contributed by atoms with Crippen LogP contribution in [-0.4, -0.2) is 48.4 Å². The van der Waals surface area contributed by atoms with Crippen molar-refractivity contribution < 1.29 is 24.2 Å². The van der Waals surface area contributed by atoms with Gasteiger partial charge in [-0.15, -0.1) is 0 Å². The molecule has 1 amide bonds. The van der Waals surface area contributed by atoms with Crippen molar-refractivity contribution in [2.24, 2.45) is 5.92 Å². The number of methoxy groups -OCH3 is 1. The molecule has 0 radical (unpaired) electrons. The molecule has 21 heavy (non-hydrogen) atoms. The predicted octanol–water partition coefficient (Wildman–Crippen LogP) is 1.74. The molecule has 1 saturated heterocycles. The molecule has 114 valence electrons. The molecule has 1 aromatic rings. The Balaban J connectivity index is 1.92. The number of aliphatic carboxylic acids is 1. The van der Waals surface area contributed by atoms with Crippen LogP contribution in [0.2, 0.25) is 0 Å². The van der Waals surface area contributed by atoms with E-state index in [-0.39, 0.29) is 19.3 Å². The summed E-state index contributed by atoms with van der Waals surface area (Å²) in [5, 5.41) is 9.12. The van der Waals surface area contributed by atoms with Crippen LogP contribution in [0.1, 0.15) is 12.0 Å². The van der Waals surface area contributed by atoms with Crippen LogP contribution >= 0.6 is 0 Å². The number of likely N-dealkylation sites (tertiary alicyclic amines) is 1. The maximum atomic E-state index is 12.1. The number of ether oxygens (including phenoxy) is 2. The minimum Gasteiger partial charge on any atom is -0.481 e. The second-order valence-corrected chi connectivity index (χ2v) is 5.07. The maximum absolute atomic E-state index is 12.1. The van der Waals surface area contributed by atoms with Crippen molar-refractivity contribution in [3.63, 3.8) is 0 Å². The summed E-state index contributed by atoms with van der Waals surface area (Å²) in [6.45, 7) is 0.683. The molecule has 1 aliphatic heterocycles. The molecule has 6 nitrogen and oxygen atoms in total. The van der Waals surface area contributed by atoms with Gasteiger partial charge in [-0.3, -0.25) is 4.79 Å². The Morgan fingerprint density at radius 2 is 2.00 bits per heavy atom. The Kier molecular flexibility index (Phi) is 5.16. The second-order valence-electron chi connectivity index (χ2n) is 5.07. The number of benzene rings is 1. The molecule has 2 atom stereocenters. The first-order valence-corrected chi connectivity index (χ1v) is 6.81. The van der Waals surface area contributed by atoms with E-state index in [0.29, 0.717) is 13.0 Å². The Morgan fingerprint density at radius 1 is 1.29 bits per heavy atom. The number of carboxylic acid groups (broad SMARTS) is 1. The first-order valence-electron chi connectivity index (χ1n) is 6.81. The second kappa shape index (κ2) is 7.08. The molecule has 6 heteroatoms. The van der Waals surface area contributed by atoms with Gasteiger partial charge in [0.15, 0.2) is 0 Å². The predicted molar refractivity (Wildman–Crippen MR) is 74.7 cm³/mol. The van der Waals surface area contributed by atoms with Gasteiger partial charge in [-0.1, -0.05) is 30.3 Å². The van der Waals surface area contributed by atoms with Gasteiger partial charge in [-0.05, 0) is 12.0 Å². The first-order chi connectivity index (χ1) is 10.1. The lowest BCUT2D eigenvalue weighted by molar-refractivity contribution is -0.145. The van der Waals surface area contributed by atoms with E-state index in [0.717, 1.165) is 5.56 Å². The number of carbonyl (C=O) groups is 2. The lowest BCUT2D eigenvalue weighted by atomic mass is 9.96. The van der Waals surface area contributed by atoms with Crippen LogP contribution in [0.25, 0.3) is 0 Å². The quantitative estimate of drug-likeness (QED) is 0.915. The summed E-state index contributed by atoms with van der Waals surface area (Å²) in [6, 6.07) is 9.34. The topological polar surface area (TPSA) is 76.1 Å². The third kappa shape index (κ3) is 4.19. The highest BCUT2D eigenvalue weighted by Crippen LogP contribution is 2.20. The van der Waals surface area contributed by atoms with Gasteiger partial charge in [-0.25, -0.2) is 4.79 Å². The van der Waals surface area contributed by atoms with Crippen LogP contribution in [0.4, 0.5) is 4.79 Å². The molecule has 1 aliphatic rings. The van der Waals surface area contributed by atoms with Crippen molar-refractivity contribution >= 4 is 12.1 Å². The van der Waals surface area contributed by atoms with Crippen LogP contribution in [0.5, 0.6) is 0 Å². The first kappa shape index (κ1) is 15.3. The normalized spacial score (nSPS) is 21.9. The van der Waals surface area contributed by atoms with Gasteiger partial charge >= 0.3 is 12.1 Å². The van der Waals surface area contributed by atoms with E-state index in [1.165, 1.54) is 12.0 Å². The average molecular weight is 293 g/mol. The van der Waals surface area contributed by atoms with E-state index in [2.05, 4.69) is 0 Å². The summed E-state index contributed by atoms with van der Waals surface area (Å²) in [7, 11) is 1.52. The van der Waals surface area contributed by atoms with E-state index in [1.807, 2.05) is 30.3 Å². The number of hydrogen-bond acceptors (Lipinski definition) is 4. The van der Waals surface area contributed by atoms with Crippen molar-refractivity contribution in [1.82, 2.24) is 4.90 Å². The van der Waals surface area contributed by atoms with Gasteiger partial charge in [0.2, 0.25) is 0 Å². The highest BCUT2D eigenvalue weighted by Gasteiger charge is 2.34. The summed E-state index contributed by atoms with van der Waals surface area (Å²) in [6.07, 6.45) is -0.370. The van der Waals surface area contributed by atoms with E-state index in [9.17, 15) is 9.59 Å². The molecule has 0 saturated carbocycles. The van der Waals surface area contributed by atoms with Crippen LogP contribution in [0.15, 0.2) is 30.3 Å². The highest BCUT2D eigenvalue weighted by atomic mass is 16.6. The van der Waals surface area contributed by atoms with Crippen LogP contribution in [0.3, 0.4) is 0 Å². The van der Waals surface area contributed by atoms with Gasteiger partial charge < -0.3 is 19.5 Å². The van der Waals surface area contributed by atoms with E-state index >= 15 is 0 Å². The van der Waals surface area contributed by atoms with Gasteiger partial charge in [-0.2, -0.15) is 0 Å². The Labute approximate surface area is 123 Å². The van der Waals surface area contributed by atoms with Crippen LogP contribution in [-0.2, 0) is 20.9 Å². The van der Waals surface area contributed by atoms with Crippen molar-refractivity contribution in [3.8, 4) is 0 Å². The molecule has 0 bridgehead atoms. The summed E-state index contributed by atoms with van der Waals surface area (Å²) >= 11 is 0. The molecule has 1 fully saturated rings. The minimum atomic E-state index is -0.919. The third-order valence-electron chi connectivity index (χ3n) is 3.56. The van der Waals surface area contributed by atoms with Crippen LogP contribution < -0.4 is 0 Å². The lowest BCUT2D eigenvalue weighted by Gasteiger charge is -2.34. The number of carbonyl (C=O) groups excluding carboxylic acids is 1. The van der Waals surface area contributed by atoms with Crippen LogP contribution in [0, 0.1) is 5.92 Å². The fourth-order valence-corrected chi connectivity index (χ4v) is 2.36. The molecule has 1 aromatic carbocycles. The number of amides is 1. The molecule has 0 aromatic heterocycles. The number of carboxylic acids is 1. The zero-order valence-corrected chi connectivity index (χ0v) is 11.9. The number of hydrogen-bond donors (Lipinski definition) is 1. The molecular weight excluding hydrogens is 274 g/mol. The Morgan fingerprint density at radius 3 is 2.62 bits per heavy atom. The van der Waals surface area contributed by atoms with Crippen molar-refractivity contribution in [2.45, 2.75) is 19.1 Å². The smallest absolute Gasteiger partial charge is 0.410 e. The lowest BCUT2D eigenvalue weighted by Crippen LogP contribution is -2.49. The standard InChI is InChI=1S/C15H19NO5/c1-20-13-7-12(14(17)18)8-16(9-13)15(19)21-10-11-5-3-2-4-6-11/h2-6,12-13H,7-10H2,1H3,(H,17,18). The zero-order valence-electron chi connectivity index (χ0n) is 11.9. The Hall–Kier alpha value is -2.08. The number of rotatable bonds is 4. The average Bonchev–Trinajstić information content (AvgIpc) is 2.53. The van der Waals surface area contributed by atoms with Gasteiger partial charge in [0.25, 0.3) is 0 Å². The maximum Gasteiger partial charge on any atom is 0.410 e. The summed E-state index contributed by atoms with van der Waals surface area (Å²) < 4.78 is 10.4. The molecule has 2 rings (SSSR count). The van der Waals surface area contributed by atoms with Gasteiger partial charge in [0.05, 0.1) is 18.6 Å². The molecule has 1 heterocycles. The molecule has 0 spiro atoms. The molecule has 0 aliphatic carbocycles. The number of piperidine rings is 1. The van der Waals surface area contributed by atoms with E-state index in [1.54, 1.807) is 0 Å². The fraction of sp³-hybridized carbons (Fsp3) is 0.467. The minimum absolute atomic E-state index is 0.156. The Bertz CT molecular complexity index is 490. The largest absolute Gasteiger partial charge is 0.481 e. The van der Waals surface area contributed by atoms with Crippen molar-refractivity contribution in [3.05, 3.63) is 35.9 Å². The number of nitrogens with zero attached hydrogens (tertiary/aromatic N) is 1. The van der Waals surface area contributed by atoms with Crippen molar-refractivity contribution in [1.29, 1.82) is 0 Å². The SMILES string of the molecule is COC1CC(C(=O)O)CN(C(=O)OCc2ccccc2)C1. The monoisotopic (exact) mass is 293 g/mol. The highest BCUT2D eigenvalue weighted by molar-refractivity contribution is 5.73. The molecule has 2 unspecified atom stereocenters. The van der Waals surface area contributed by atoms with Gasteiger partial charge in [0, 0.05) is 13.7 Å². The molecule has 1 N–H and O–H groups in total. The zero-order chi connectivity index (χ0) is 15.2. The third-order valence-corrected chi connectivity index (χ3v) is 3.56. The van der Waals surface area contributed by atoms with Crippen molar-refractivity contribution in [2.75, 3.05) is 20.2 Å². The van der Waals surface area contributed by atoms with E-state index < -0.39 is 18.0 Å². The summed E-state index contributed by atoms with van der Waals surface area (Å²) in [4.78, 5) is 24.6. The van der Waals surface area contributed by atoms with E-state index in [4.69, 9.17) is 14.6 Å². The van der Waals surface area contributed by atoms with Gasteiger partial charge in [0.1, 0.15) is 6.61 Å². The summed E-state index contributed by atoms with van der Waals surface area (Å²) in [5.74, 6) is -1.54.